The molecule has 0 bridgehead atoms. The molecule has 3 atom stereocenters. The summed E-state index contributed by atoms with van der Waals surface area (Å²) >= 11 is 0. The van der Waals surface area contributed by atoms with E-state index in [9.17, 15) is 4.79 Å². The van der Waals surface area contributed by atoms with E-state index in [0.29, 0.717) is 5.56 Å². The van der Waals surface area contributed by atoms with Crippen LogP contribution in [0.1, 0.15) is 30.6 Å². The molecule has 2 rings (SSSR count). The molecule has 0 aromatic heterocycles. The number of rotatable bonds is 3. The average Bonchev–Trinajstić information content (AvgIpc) is 2.42. The lowest BCUT2D eigenvalue weighted by molar-refractivity contribution is -0.0158. The summed E-state index contributed by atoms with van der Waals surface area (Å²) in [5, 5.41) is 0. The Morgan fingerprint density at radius 3 is 2.72 bits per heavy atom. The number of esters is 1. The number of carbonyl (C=O) groups is 1. The third-order valence-electron chi connectivity index (χ3n) is 3.28. The average molecular weight is 246 g/mol. The van der Waals surface area contributed by atoms with Gasteiger partial charge in [-0.3, -0.25) is 0 Å². The van der Waals surface area contributed by atoms with Crippen molar-refractivity contribution in [1.29, 1.82) is 0 Å². The van der Waals surface area contributed by atoms with E-state index in [2.05, 4.69) is 6.92 Å². The van der Waals surface area contributed by atoms with E-state index >= 15 is 0 Å². The van der Waals surface area contributed by atoms with Crippen LogP contribution in [0.2, 0.25) is 0 Å². The summed E-state index contributed by atoms with van der Waals surface area (Å²) in [4.78, 5) is 12.0. The predicted octanol–water partition coefficient (Wildman–Crippen LogP) is 3.17. The molecule has 0 saturated carbocycles. The first-order valence-corrected chi connectivity index (χ1v) is 6.30. The van der Waals surface area contributed by atoms with Crippen molar-refractivity contribution >= 4 is 5.97 Å². The third kappa shape index (κ3) is 2.73. The van der Waals surface area contributed by atoms with E-state index in [-0.39, 0.29) is 24.1 Å². The second kappa shape index (κ2) is 5.71. The largest absolute Gasteiger partial charge is 0.498 e. The molecule has 1 aliphatic rings. The van der Waals surface area contributed by atoms with Crippen LogP contribution in [-0.2, 0) is 9.47 Å². The van der Waals surface area contributed by atoms with Crippen molar-refractivity contribution in [3.05, 3.63) is 48.2 Å². The Kier molecular flexibility index (Phi) is 4.03. The van der Waals surface area contributed by atoms with Gasteiger partial charge >= 0.3 is 5.97 Å². The van der Waals surface area contributed by atoms with Gasteiger partial charge in [0.05, 0.1) is 11.8 Å². The van der Waals surface area contributed by atoms with Gasteiger partial charge in [-0.15, -0.1) is 0 Å². The molecule has 18 heavy (non-hydrogen) atoms. The Bertz CT molecular complexity index is 425. The molecular formula is C15H18O3. The van der Waals surface area contributed by atoms with Gasteiger partial charge in [0.1, 0.15) is 12.2 Å². The van der Waals surface area contributed by atoms with Gasteiger partial charge in [-0.05, 0) is 24.6 Å². The smallest absolute Gasteiger partial charge is 0.338 e. The fourth-order valence-electron chi connectivity index (χ4n) is 2.11. The fraction of sp³-hybridized carbons (Fsp3) is 0.400. The zero-order valence-electron chi connectivity index (χ0n) is 10.7. The molecule has 0 unspecified atom stereocenters. The quantitative estimate of drug-likeness (QED) is 0.768. The topological polar surface area (TPSA) is 35.5 Å². The fourth-order valence-corrected chi connectivity index (χ4v) is 2.11. The summed E-state index contributed by atoms with van der Waals surface area (Å²) in [7, 11) is 0. The Hall–Kier alpha value is -1.77. The van der Waals surface area contributed by atoms with E-state index in [4.69, 9.17) is 9.47 Å². The molecule has 0 saturated heterocycles. The van der Waals surface area contributed by atoms with Gasteiger partial charge in [0, 0.05) is 5.92 Å². The van der Waals surface area contributed by atoms with Gasteiger partial charge < -0.3 is 9.47 Å². The highest BCUT2D eigenvalue weighted by Gasteiger charge is 2.30. The van der Waals surface area contributed by atoms with Gasteiger partial charge in [0.15, 0.2) is 0 Å². The Balaban J connectivity index is 2.03. The maximum atomic E-state index is 12.0. The Labute approximate surface area is 107 Å². The molecule has 0 fully saturated rings. The van der Waals surface area contributed by atoms with Crippen LogP contribution in [-0.4, -0.2) is 18.2 Å². The van der Waals surface area contributed by atoms with Crippen LogP contribution >= 0.6 is 0 Å². The summed E-state index contributed by atoms with van der Waals surface area (Å²) < 4.78 is 11.0. The number of hydrogen-bond acceptors (Lipinski definition) is 3. The minimum atomic E-state index is -0.283. The van der Waals surface area contributed by atoms with Crippen molar-refractivity contribution in [2.45, 2.75) is 32.5 Å². The molecule has 1 aromatic carbocycles. The molecule has 0 radical (unpaired) electrons. The van der Waals surface area contributed by atoms with Crippen LogP contribution in [0.25, 0.3) is 0 Å². The summed E-state index contributed by atoms with van der Waals surface area (Å²) in [6, 6.07) is 9.05. The molecule has 0 N–H and O–H groups in total. The van der Waals surface area contributed by atoms with Crippen molar-refractivity contribution in [1.82, 2.24) is 0 Å². The monoisotopic (exact) mass is 246 g/mol. The summed E-state index contributed by atoms with van der Waals surface area (Å²) in [6.07, 6.45) is 4.25. The molecule has 1 aromatic rings. The van der Waals surface area contributed by atoms with Crippen molar-refractivity contribution in [3.63, 3.8) is 0 Å². The molecule has 1 heterocycles. The molecule has 96 valence electrons. The zero-order chi connectivity index (χ0) is 13.0. The van der Waals surface area contributed by atoms with E-state index in [0.717, 1.165) is 6.42 Å². The Morgan fingerprint density at radius 2 is 2.06 bits per heavy atom. The lowest BCUT2D eigenvalue weighted by Gasteiger charge is -2.31. The SMILES string of the molecule is CC[C@H]1OC=C[C@@H](OC(=O)c2ccccc2)[C@@H]1C. The lowest BCUT2D eigenvalue weighted by atomic mass is 9.94. The van der Waals surface area contributed by atoms with Crippen LogP contribution in [0, 0.1) is 5.92 Å². The van der Waals surface area contributed by atoms with Gasteiger partial charge in [0.2, 0.25) is 0 Å². The van der Waals surface area contributed by atoms with Crippen LogP contribution < -0.4 is 0 Å². The third-order valence-corrected chi connectivity index (χ3v) is 3.28. The summed E-state index contributed by atoms with van der Waals surface area (Å²) in [6.45, 7) is 4.11. The van der Waals surface area contributed by atoms with Gasteiger partial charge in [-0.2, -0.15) is 0 Å². The molecular weight excluding hydrogens is 228 g/mol. The summed E-state index contributed by atoms with van der Waals surface area (Å²) in [5.74, 6) is -0.110. The maximum absolute atomic E-state index is 12.0. The number of benzene rings is 1. The Morgan fingerprint density at radius 1 is 1.33 bits per heavy atom. The van der Waals surface area contributed by atoms with E-state index < -0.39 is 0 Å². The van der Waals surface area contributed by atoms with Crippen LogP contribution in [0.5, 0.6) is 0 Å². The minimum absolute atomic E-state index is 0.114. The van der Waals surface area contributed by atoms with E-state index in [1.54, 1.807) is 24.5 Å². The van der Waals surface area contributed by atoms with E-state index in [1.807, 2.05) is 25.1 Å². The highest BCUT2D eigenvalue weighted by Crippen LogP contribution is 2.24. The predicted molar refractivity (Wildman–Crippen MR) is 69.1 cm³/mol. The maximum Gasteiger partial charge on any atom is 0.338 e. The first-order valence-electron chi connectivity index (χ1n) is 6.30. The molecule has 0 amide bonds. The lowest BCUT2D eigenvalue weighted by Crippen LogP contribution is -2.35. The molecule has 0 spiro atoms. The first-order chi connectivity index (χ1) is 8.72. The molecule has 1 aliphatic heterocycles. The van der Waals surface area contributed by atoms with Crippen molar-refractivity contribution < 1.29 is 14.3 Å². The zero-order valence-corrected chi connectivity index (χ0v) is 10.7. The van der Waals surface area contributed by atoms with Gasteiger partial charge in [0.25, 0.3) is 0 Å². The highest BCUT2D eigenvalue weighted by atomic mass is 16.6. The molecule has 0 aliphatic carbocycles. The van der Waals surface area contributed by atoms with Crippen molar-refractivity contribution in [3.8, 4) is 0 Å². The highest BCUT2D eigenvalue weighted by molar-refractivity contribution is 5.89. The number of hydrogen-bond donors (Lipinski definition) is 0. The minimum Gasteiger partial charge on any atom is -0.498 e. The second-order valence-electron chi connectivity index (χ2n) is 4.51. The number of carbonyl (C=O) groups excluding carboxylic acids is 1. The van der Waals surface area contributed by atoms with Crippen molar-refractivity contribution in [2.75, 3.05) is 0 Å². The summed E-state index contributed by atoms with van der Waals surface area (Å²) in [5.41, 5.74) is 0.581. The van der Waals surface area contributed by atoms with Gasteiger partial charge in [-0.1, -0.05) is 32.0 Å². The van der Waals surface area contributed by atoms with E-state index in [1.165, 1.54) is 0 Å². The van der Waals surface area contributed by atoms with Crippen LogP contribution in [0.3, 0.4) is 0 Å². The van der Waals surface area contributed by atoms with Crippen LogP contribution in [0.15, 0.2) is 42.7 Å². The van der Waals surface area contributed by atoms with Crippen molar-refractivity contribution in [2.24, 2.45) is 5.92 Å². The van der Waals surface area contributed by atoms with Crippen LogP contribution in [0.4, 0.5) is 0 Å². The molecule has 3 heteroatoms. The second-order valence-corrected chi connectivity index (χ2v) is 4.51. The van der Waals surface area contributed by atoms with Gasteiger partial charge in [-0.25, -0.2) is 4.79 Å². The first kappa shape index (κ1) is 12.7. The number of ether oxygens (including phenoxy) is 2. The molecule has 3 nitrogen and oxygen atoms in total. The standard InChI is InChI=1S/C15H18O3/c1-3-13-11(2)14(9-10-17-13)18-15(16)12-7-5-4-6-8-12/h4-11,13-14H,3H2,1-2H3/t11-,13-,14-/m1/s1. The normalized spacial score (nSPS) is 26.4.